The number of tetrazole rings is 1. The Balaban J connectivity index is 1.60. The van der Waals surface area contributed by atoms with Crippen LogP contribution in [0.1, 0.15) is 38.4 Å². The summed E-state index contributed by atoms with van der Waals surface area (Å²) >= 11 is 0. The highest BCUT2D eigenvalue weighted by Crippen LogP contribution is 2.33. The lowest BCUT2D eigenvalue weighted by molar-refractivity contribution is -0.117. The van der Waals surface area contributed by atoms with Gasteiger partial charge in [-0.2, -0.15) is 4.98 Å². The average molecular weight is 441 g/mol. The van der Waals surface area contributed by atoms with E-state index in [1.807, 2.05) is 60.0 Å². The molecule has 5 rings (SSSR count). The van der Waals surface area contributed by atoms with Gasteiger partial charge >= 0.3 is 0 Å². The van der Waals surface area contributed by atoms with E-state index in [1.54, 1.807) is 0 Å². The van der Waals surface area contributed by atoms with Crippen molar-refractivity contribution in [2.75, 3.05) is 5.32 Å². The number of carbonyl (C=O) groups excluding carboxylic acids is 1. The Morgan fingerprint density at radius 3 is 2.42 bits per heavy atom. The lowest BCUT2D eigenvalue weighted by Gasteiger charge is -2.18. The zero-order valence-corrected chi connectivity index (χ0v) is 18.4. The Bertz CT molecular complexity index is 1380. The van der Waals surface area contributed by atoms with Crippen molar-refractivity contribution in [3.05, 3.63) is 64.6 Å². The Labute approximate surface area is 189 Å². The van der Waals surface area contributed by atoms with Crippen molar-refractivity contribution in [1.29, 1.82) is 0 Å². The molecule has 0 saturated heterocycles. The minimum atomic E-state index is -0.402. The van der Waals surface area contributed by atoms with Crippen LogP contribution in [0.25, 0.3) is 33.6 Å². The molecule has 0 fully saturated rings. The summed E-state index contributed by atoms with van der Waals surface area (Å²) in [5.41, 5.74) is 4.68. The maximum atomic E-state index is 13.0. The quantitative estimate of drug-likeness (QED) is 0.472. The summed E-state index contributed by atoms with van der Waals surface area (Å²) in [5, 5.41) is 16.9. The fourth-order valence-corrected chi connectivity index (χ4v) is 4.33. The number of fused-ring (bicyclic) bond motifs is 1. The van der Waals surface area contributed by atoms with Gasteiger partial charge in [0, 0.05) is 11.3 Å². The van der Waals surface area contributed by atoms with Gasteiger partial charge in [-0.1, -0.05) is 61.9 Å². The molecule has 1 unspecified atom stereocenters. The fraction of sp³-hybridized carbons (Fsp3) is 0.250. The molecule has 3 heterocycles. The first-order chi connectivity index (χ1) is 16.1. The first-order valence-electron chi connectivity index (χ1n) is 11.0. The SMILES string of the molecule is CCCCc1c(-c2ccc(-c3ccccc3-c3nnn[nH]3)cc2)c(=O)nc2n1C(C)C(=O)N2. The number of aromatic nitrogens is 6. The molecule has 1 atom stereocenters. The summed E-state index contributed by atoms with van der Waals surface area (Å²) in [6.07, 6.45) is 2.58. The third kappa shape index (κ3) is 3.61. The van der Waals surface area contributed by atoms with E-state index in [4.69, 9.17) is 0 Å². The molecule has 4 aromatic rings. The van der Waals surface area contributed by atoms with E-state index < -0.39 is 6.04 Å². The van der Waals surface area contributed by atoms with Gasteiger partial charge in [0.2, 0.25) is 11.9 Å². The van der Waals surface area contributed by atoms with Crippen molar-refractivity contribution in [1.82, 2.24) is 30.2 Å². The van der Waals surface area contributed by atoms with Gasteiger partial charge in [-0.25, -0.2) is 5.10 Å². The highest BCUT2D eigenvalue weighted by molar-refractivity contribution is 5.96. The van der Waals surface area contributed by atoms with Crippen LogP contribution in [0, 0.1) is 0 Å². The number of unbranched alkanes of at least 4 members (excludes halogenated alkanes) is 1. The highest BCUT2D eigenvalue weighted by atomic mass is 16.2. The molecule has 0 spiro atoms. The van der Waals surface area contributed by atoms with Crippen molar-refractivity contribution in [3.8, 4) is 33.6 Å². The molecule has 33 heavy (non-hydrogen) atoms. The molecule has 0 radical (unpaired) electrons. The number of hydrogen-bond acceptors (Lipinski definition) is 6. The average Bonchev–Trinajstić information content (AvgIpc) is 3.46. The van der Waals surface area contributed by atoms with Gasteiger partial charge in [0.1, 0.15) is 6.04 Å². The predicted molar refractivity (Wildman–Crippen MR) is 124 cm³/mol. The van der Waals surface area contributed by atoms with Crippen LogP contribution in [0.5, 0.6) is 0 Å². The van der Waals surface area contributed by atoms with Gasteiger partial charge in [0.25, 0.3) is 5.56 Å². The number of H-pyrrole nitrogens is 1. The van der Waals surface area contributed by atoms with Gasteiger partial charge in [0.05, 0.1) is 5.56 Å². The van der Waals surface area contributed by atoms with Crippen LogP contribution < -0.4 is 10.9 Å². The van der Waals surface area contributed by atoms with E-state index >= 15 is 0 Å². The summed E-state index contributed by atoms with van der Waals surface area (Å²) in [5.74, 6) is 0.771. The van der Waals surface area contributed by atoms with Crippen LogP contribution in [-0.2, 0) is 11.2 Å². The summed E-state index contributed by atoms with van der Waals surface area (Å²) in [6, 6.07) is 15.3. The standard InChI is InChI=1S/C24H23N7O2/c1-3-4-9-19-20(23(33)26-24-25-22(32)14(2)31(19)24)16-12-10-15(11-13-16)17-7-5-6-8-18(17)21-27-29-30-28-21/h5-8,10-14H,3-4,9H2,1-2H3,(H,25,26,32,33)(H,27,28,29,30). The van der Waals surface area contributed by atoms with Gasteiger partial charge in [0.15, 0.2) is 5.82 Å². The molecule has 2 N–H and O–H groups in total. The molecule has 0 bridgehead atoms. The molecule has 9 nitrogen and oxygen atoms in total. The summed E-state index contributed by atoms with van der Waals surface area (Å²) in [7, 11) is 0. The number of nitrogens with one attached hydrogen (secondary N) is 2. The molecular weight excluding hydrogens is 418 g/mol. The number of anilines is 1. The van der Waals surface area contributed by atoms with Crippen molar-refractivity contribution in [2.45, 2.75) is 39.2 Å². The number of carbonyl (C=O) groups is 1. The largest absolute Gasteiger partial charge is 0.303 e. The van der Waals surface area contributed by atoms with Crippen LogP contribution in [0.3, 0.4) is 0 Å². The Morgan fingerprint density at radius 2 is 1.73 bits per heavy atom. The monoisotopic (exact) mass is 441 g/mol. The van der Waals surface area contributed by atoms with Gasteiger partial charge < -0.3 is 4.57 Å². The summed E-state index contributed by atoms with van der Waals surface area (Å²) in [6.45, 7) is 3.93. The first kappa shape index (κ1) is 20.7. The van der Waals surface area contributed by atoms with Crippen molar-refractivity contribution in [2.24, 2.45) is 0 Å². The summed E-state index contributed by atoms with van der Waals surface area (Å²) in [4.78, 5) is 29.5. The molecular formula is C24H23N7O2. The molecule has 0 aliphatic carbocycles. The lowest BCUT2D eigenvalue weighted by Crippen LogP contribution is -2.20. The molecule has 9 heteroatoms. The van der Waals surface area contributed by atoms with Gasteiger partial charge in [-0.15, -0.1) is 5.10 Å². The van der Waals surface area contributed by atoms with E-state index in [0.29, 0.717) is 23.8 Å². The highest BCUT2D eigenvalue weighted by Gasteiger charge is 2.31. The molecule has 2 aromatic heterocycles. The molecule has 2 aromatic carbocycles. The second-order valence-corrected chi connectivity index (χ2v) is 8.07. The first-order valence-corrected chi connectivity index (χ1v) is 11.0. The van der Waals surface area contributed by atoms with E-state index in [0.717, 1.165) is 40.8 Å². The smallest absolute Gasteiger partial charge is 0.282 e. The predicted octanol–water partition coefficient (Wildman–Crippen LogP) is 3.61. The minimum absolute atomic E-state index is 0.148. The van der Waals surface area contributed by atoms with Gasteiger partial charge in [-0.3, -0.25) is 14.9 Å². The van der Waals surface area contributed by atoms with E-state index in [9.17, 15) is 9.59 Å². The topological polar surface area (TPSA) is 118 Å². The van der Waals surface area contributed by atoms with Crippen LogP contribution in [0.4, 0.5) is 5.95 Å². The zero-order valence-electron chi connectivity index (χ0n) is 18.4. The third-order valence-electron chi connectivity index (χ3n) is 6.01. The van der Waals surface area contributed by atoms with Crippen LogP contribution in [0.15, 0.2) is 53.3 Å². The van der Waals surface area contributed by atoms with Crippen LogP contribution in [0.2, 0.25) is 0 Å². The fourth-order valence-electron chi connectivity index (χ4n) is 4.33. The molecule has 1 aliphatic rings. The Morgan fingerprint density at radius 1 is 1.00 bits per heavy atom. The van der Waals surface area contributed by atoms with Crippen LogP contribution >= 0.6 is 0 Å². The molecule has 1 aliphatic heterocycles. The molecule has 1 amide bonds. The van der Waals surface area contributed by atoms with E-state index in [1.165, 1.54) is 0 Å². The normalized spacial score (nSPS) is 14.8. The second kappa shape index (κ2) is 8.42. The molecule has 166 valence electrons. The number of rotatable bonds is 6. The lowest BCUT2D eigenvalue weighted by atomic mass is 9.95. The Hall–Kier alpha value is -4.14. The number of benzene rings is 2. The second-order valence-electron chi connectivity index (χ2n) is 8.07. The third-order valence-corrected chi connectivity index (χ3v) is 6.01. The van der Waals surface area contributed by atoms with Crippen LogP contribution in [-0.4, -0.2) is 36.1 Å². The van der Waals surface area contributed by atoms with E-state index in [-0.39, 0.29) is 11.5 Å². The van der Waals surface area contributed by atoms with Crippen molar-refractivity contribution in [3.63, 3.8) is 0 Å². The number of amides is 1. The summed E-state index contributed by atoms with van der Waals surface area (Å²) < 4.78 is 1.87. The Kier molecular flexibility index (Phi) is 5.29. The van der Waals surface area contributed by atoms with Crippen molar-refractivity contribution < 1.29 is 4.79 Å². The maximum Gasteiger partial charge on any atom is 0.282 e. The minimum Gasteiger partial charge on any atom is -0.303 e. The van der Waals surface area contributed by atoms with Gasteiger partial charge in [-0.05, 0) is 46.9 Å². The number of nitrogens with zero attached hydrogens (tertiary/aromatic N) is 5. The molecule has 0 saturated carbocycles. The maximum absolute atomic E-state index is 13.0. The zero-order chi connectivity index (χ0) is 22.9. The number of aromatic amines is 1. The van der Waals surface area contributed by atoms with Crippen molar-refractivity contribution >= 4 is 11.9 Å². The van der Waals surface area contributed by atoms with E-state index in [2.05, 4.69) is 37.8 Å². The number of hydrogen-bond donors (Lipinski definition) is 2.